The summed E-state index contributed by atoms with van der Waals surface area (Å²) >= 11 is 0. The van der Waals surface area contributed by atoms with E-state index in [1.54, 1.807) is 0 Å². The van der Waals surface area contributed by atoms with Crippen LogP contribution >= 0.6 is 0 Å². The van der Waals surface area contributed by atoms with Gasteiger partial charge in [-0.3, -0.25) is 0 Å². The SMILES string of the molecule is CC(C)CNCC(C)CCC1CC1. The van der Waals surface area contributed by atoms with Crippen LogP contribution in [0.3, 0.4) is 0 Å². The van der Waals surface area contributed by atoms with Crippen LogP contribution in [-0.4, -0.2) is 13.1 Å². The summed E-state index contributed by atoms with van der Waals surface area (Å²) in [7, 11) is 0. The summed E-state index contributed by atoms with van der Waals surface area (Å²) in [5, 5.41) is 3.53. The Bertz CT molecular complexity index is 127. The van der Waals surface area contributed by atoms with Gasteiger partial charge in [-0.25, -0.2) is 0 Å². The lowest BCUT2D eigenvalue weighted by molar-refractivity contribution is 0.434. The van der Waals surface area contributed by atoms with E-state index in [2.05, 4.69) is 26.1 Å². The zero-order valence-corrected chi connectivity index (χ0v) is 9.47. The molecule has 0 amide bonds. The van der Waals surface area contributed by atoms with Crippen molar-refractivity contribution in [2.45, 2.75) is 46.5 Å². The maximum atomic E-state index is 3.53. The minimum Gasteiger partial charge on any atom is -0.316 e. The predicted molar refractivity (Wildman–Crippen MR) is 58.8 cm³/mol. The Morgan fingerprint density at radius 3 is 2.38 bits per heavy atom. The molecule has 0 aromatic rings. The third-order valence-electron chi connectivity index (χ3n) is 2.81. The molecule has 78 valence electrons. The fraction of sp³-hybridized carbons (Fsp3) is 1.00. The molecular formula is C12H25N. The third-order valence-corrected chi connectivity index (χ3v) is 2.81. The van der Waals surface area contributed by atoms with Gasteiger partial charge >= 0.3 is 0 Å². The second kappa shape index (κ2) is 5.64. The van der Waals surface area contributed by atoms with Crippen LogP contribution in [0.2, 0.25) is 0 Å². The molecule has 1 unspecified atom stereocenters. The molecule has 0 aromatic carbocycles. The van der Waals surface area contributed by atoms with Crippen molar-refractivity contribution in [2.75, 3.05) is 13.1 Å². The van der Waals surface area contributed by atoms with Gasteiger partial charge in [0.15, 0.2) is 0 Å². The maximum Gasteiger partial charge on any atom is -0.00230 e. The topological polar surface area (TPSA) is 12.0 Å². The Kier molecular flexibility index (Phi) is 4.79. The van der Waals surface area contributed by atoms with Gasteiger partial charge in [0, 0.05) is 0 Å². The van der Waals surface area contributed by atoms with Crippen molar-refractivity contribution >= 4 is 0 Å². The zero-order valence-electron chi connectivity index (χ0n) is 9.47. The van der Waals surface area contributed by atoms with Crippen LogP contribution in [0.15, 0.2) is 0 Å². The summed E-state index contributed by atoms with van der Waals surface area (Å²) in [6.45, 7) is 9.29. The van der Waals surface area contributed by atoms with Crippen molar-refractivity contribution in [1.82, 2.24) is 5.32 Å². The lowest BCUT2D eigenvalue weighted by Crippen LogP contribution is -2.25. The minimum atomic E-state index is 0.788. The molecule has 1 aliphatic carbocycles. The van der Waals surface area contributed by atoms with Crippen LogP contribution in [-0.2, 0) is 0 Å². The molecule has 1 fully saturated rings. The van der Waals surface area contributed by atoms with E-state index >= 15 is 0 Å². The third kappa shape index (κ3) is 6.09. The van der Waals surface area contributed by atoms with Gasteiger partial charge in [-0.1, -0.05) is 40.0 Å². The van der Waals surface area contributed by atoms with Crippen molar-refractivity contribution in [3.05, 3.63) is 0 Å². The Morgan fingerprint density at radius 1 is 1.15 bits per heavy atom. The monoisotopic (exact) mass is 183 g/mol. The van der Waals surface area contributed by atoms with E-state index in [9.17, 15) is 0 Å². The predicted octanol–water partition coefficient (Wildman–Crippen LogP) is 3.06. The smallest absolute Gasteiger partial charge is 0.00230 e. The van der Waals surface area contributed by atoms with Gasteiger partial charge in [-0.15, -0.1) is 0 Å². The van der Waals surface area contributed by atoms with E-state index in [0.717, 1.165) is 17.8 Å². The van der Waals surface area contributed by atoms with Gasteiger partial charge in [0.1, 0.15) is 0 Å². The van der Waals surface area contributed by atoms with Gasteiger partial charge in [0.25, 0.3) is 0 Å². The van der Waals surface area contributed by atoms with E-state index in [4.69, 9.17) is 0 Å². The highest BCUT2D eigenvalue weighted by Gasteiger charge is 2.21. The molecule has 0 aliphatic heterocycles. The molecule has 1 saturated carbocycles. The second-order valence-electron chi connectivity index (χ2n) is 5.18. The molecule has 1 nitrogen and oxygen atoms in total. The quantitative estimate of drug-likeness (QED) is 0.639. The van der Waals surface area contributed by atoms with E-state index in [0.29, 0.717) is 0 Å². The summed E-state index contributed by atoms with van der Waals surface area (Å²) in [4.78, 5) is 0. The Morgan fingerprint density at radius 2 is 1.85 bits per heavy atom. The molecule has 0 radical (unpaired) electrons. The molecule has 13 heavy (non-hydrogen) atoms. The first-order chi connectivity index (χ1) is 6.18. The molecule has 1 N–H and O–H groups in total. The molecule has 0 bridgehead atoms. The van der Waals surface area contributed by atoms with Crippen LogP contribution in [0.1, 0.15) is 46.5 Å². The van der Waals surface area contributed by atoms with Gasteiger partial charge < -0.3 is 5.32 Å². The second-order valence-corrected chi connectivity index (χ2v) is 5.18. The van der Waals surface area contributed by atoms with Gasteiger partial charge in [-0.05, 0) is 37.3 Å². The number of nitrogens with one attached hydrogen (secondary N) is 1. The first-order valence-electron chi connectivity index (χ1n) is 5.89. The van der Waals surface area contributed by atoms with E-state index in [1.165, 1.54) is 38.8 Å². The fourth-order valence-corrected chi connectivity index (χ4v) is 1.65. The summed E-state index contributed by atoms with van der Waals surface area (Å²) < 4.78 is 0. The van der Waals surface area contributed by atoms with Gasteiger partial charge in [-0.2, -0.15) is 0 Å². The number of rotatable bonds is 7. The van der Waals surface area contributed by atoms with Crippen molar-refractivity contribution in [3.63, 3.8) is 0 Å². The molecular weight excluding hydrogens is 158 g/mol. The molecule has 1 aliphatic rings. The maximum absolute atomic E-state index is 3.53. The largest absolute Gasteiger partial charge is 0.316 e. The molecule has 0 saturated heterocycles. The number of hydrogen-bond acceptors (Lipinski definition) is 1. The highest BCUT2D eigenvalue weighted by Crippen LogP contribution is 2.34. The van der Waals surface area contributed by atoms with Crippen LogP contribution in [0.25, 0.3) is 0 Å². The molecule has 1 atom stereocenters. The summed E-state index contributed by atoms with van der Waals surface area (Å²) in [5.74, 6) is 2.77. The van der Waals surface area contributed by atoms with Crippen molar-refractivity contribution in [1.29, 1.82) is 0 Å². The van der Waals surface area contributed by atoms with Crippen LogP contribution < -0.4 is 5.32 Å². The lowest BCUT2D eigenvalue weighted by atomic mass is 10.0. The average Bonchev–Trinajstić information content (AvgIpc) is 2.83. The molecule has 0 spiro atoms. The fourth-order valence-electron chi connectivity index (χ4n) is 1.65. The molecule has 0 heterocycles. The van der Waals surface area contributed by atoms with E-state index in [-0.39, 0.29) is 0 Å². The van der Waals surface area contributed by atoms with Crippen LogP contribution in [0.4, 0.5) is 0 Å². The Labute approximate surface area is 83.3 Å². The normalized spacial score (nSPS) is 19.4. The minimum absolute atomic E-state index is 0.788. The van der Waals surface area contributed by atoms with Crippen LogP contribution in [0.5, 0.6) is 0 Å². The van der Waals surface area contributed by atoms with Crippen LogP contribution in [0, 0.1) is 17.8 Å². The standard InChI is InChI=1S/C12H25N/c1-10(2)8-13-9-11(3)4-5-12-6-7-12/h10-13H,4-9H2,1-3H3. The van der Waals surface area contributed by atoms with Crippen molar-refractivity contribution in [3.8, 4) is 0 Å². The van der Waals surface area contributed by atoms with E-state index < -0.39 is 0 Å². The van der Waals surface area contributed by atoms with Crippen molar-refractivity contribution in [2.24, 2.45) is 17.8 Å². The summed E-state index contributed by atoms with van der Waals surface area (Å²) in [5.41, 5.74) is 0. The van der Waals surface area contributed by atoms with Crippen molar-refractivity contribution < 1.29 is 0 Å². The average molecular weight is 183 g/mol. The first-order valence-corrected chi connectivity index (χ1v) is 5.89. The van der Waals surface area contributed by atoms with E-state index in [1.807, 2.05) is 0 Å². The number of hydrogen-bond donors (Lipinski definition) is 1. The first kappa shape index (κ1) is 11.0. The lowest BCUT2D eigenvalue weighted by Gasteiger charge is -2.13. The Balaban J connectivity index is 1.87. The molecule has 1 rings (SSSR count). The highest BCUT2D eigenvalue weighted by atomic mass is 14.9. The van der Waals surface area contributed by atoms with Gasteiger partial charge in [0.2, 0.25) is 0 Å². The summed E-state index contributed by atoms with van der Waals surface area (Å²) in [6, 6.07) is 0. The Hall–Kier alpha value is -0.0400. The zero-order chi connectivity index (χ0) is 9.68. The molecule has 1 heteroatoms. The van der Waals surface area contributed by atoms with Gasteiger partial charge in [0.05, 0.1) is 0 Å². The highest BCUT2D eigenvalue weighted by molar-refractivity contribution is 4.74. The molecule has 0 aromatic heterocycles. The summed E-state index contributed by atoms with van der Waals surface area (Å²) in [6.07, 6.45) is 5.92.